The maximum atomic E-state index is 7.33. The fourth-order valence-electron chi connectivity index (χ4n) is 0. The first-order chi connectivity index (χ1) is 2.00. The van der Waals surface area contributed by atoms with Gasteiger partial charge in [0.1, 0.15) is 0 Å². The zero-order valence-corrected chi connectivity index (χ0v) is 6.79. The topological polar surface area (TPSA) is 112 Å². The zero-order valence-electron chi connectivity index (χ0n) is 4.79. The van der Waals surface area contributed by atoms with Gasteiger partial charge in [-0.2, -0.15) is 0 Å². The second kappa shape index (κ2) is 5.16. The van der Waals surface area contributed by atoms with Gasteiger partial charge in [0.2, 0.25) is 0 Å². The van der Waals surface area contributed by atoms with Crippen LogP contribution in [-0.2, 0) is 0 Å². The van der Waals surface area contributed by atoms with Gasteiger partial charge in [0.05, 0.1) is 0 Å². The third kappa shape index (κ3) is 171. The van der Waals surface area contributed by atoms with E-state index in [1.807, 2.05) is 0 Å². The molecule has 0 radical (unpaired) electrons. The first kappa shape index (κ1) is 15.7. The minimum absolute atomic E-state index is 0. The Morgan fingerprint density at radius 3 is 1.00 bits per heavy atom. The maximum Gasteiger partial charge on any atom is 1.00 e. The van der Waals surface area contributed by atoms with Gasteiger partial charge < -0.3 is 26.1 Å². The Balaban J connectivity index is -0.0000000267. The molecule has 0 aromatic rings. The molecule has 6 N–H and O–H groups in total. The van der Waals surface area contributed by atoms with Crippen LogP contribution >= 0.6 is 0 Å². The average Bonchev–Trinajstić information content (AvgIpc) is 0.722. The Hall–Kier alpha value is 1.02. The van der Waals surface area contributed by atoms with Crippen LogP contribution in [-0.4, -0.2) is 33.7 Å². The number of hydrogen-bond acceptors (Lipinski definition) is 4. The summed E-state index contributed by atoms with van der Waals surface area (Å²) >= 11 is 0. The van der Waals surface area contributed by atoms with Crippen LogP contribution in [0.15, 0.2) is 0 Å². The Bertz CT molecular complexity index is 27.9. The molecule has 42 valence electrons. The van der Waals surface area contributed by atoms with Crippen molar-refractivity contribution < 1.29 is 55.6 Å². The van der Waals surface area contributed by atoms with Crippen LogP contribution < -0.4 is 29.6 Å². The molecule has 0 unspecified atom stereocenters. The second-order valence-corrected chi connectivity index (χ2v) is 1.80. The van der Waals surface area contributed by atoms with Crippen LogP contribution in [0.2, 0.25) is 0 Å². The molecule has 7 heteroatoms. The van der Waals surface area contributed by atoms with Crippen molar-refractivity contribution in [3.8, 4) is 0 Å². The average molecular weight is 138 g/mol. The van der Waals surface area contributed by atoms with Crippen LogP contribution in [0.25, 0.3) is 0 Å². The molecule has 0 aromatic heterocycles. The van der Waals surface area contributed by atoms with Crippen LogP contribution in [0.5, 0.6) is 0 Å². The van der Waals surface area contributed by atoms with Gasteiger partial charge in [-0.25, -0.2) is 0 Å². The van der Waals surface area contributed by atoms with E-state index in [9.17, 15) is 0 Å². The van der Waals surface area contributed by atoms with E-state index in [2.05, 4.69) is 0 Å². The molecular weight excluding hydrogens is 131 g/mol. The monoisotopic (exact) mass is 138 g/mol. The summed E-state index contributed by atoms with van der Waals surface area (Å²) in [5.41, 5.74) is 0. The van der Waals surface area contributed by atoms with E-state index >= 15 is 0 Å². The molecule has 0 heterocycles. The first-order valence-corrected chi connectivity index (χ1v) is 2.68. The molecule has 0 spiro atoms. The van der Waals surface area contributed by atoms with Crippen LogP contribution in [0, 0.1) is 0 Å². The van der Waals surface area contributed by atoms with Gasteiger partial charge >= 0.3 is 38.6 Å². The van der Waals surface area contributed by atoms with Gasteiger partial charge in [0, 0.05) is 0 Å². The van der Waals surface area contributed by atoms with E-state index < -0.39 is 9.05 Å². The molecule has 0 atom stereocenters. The minimum Gasteiger partial charge on any atom is -1.00 e. The van der Waals surface area contributed by atoms with E-state index in [4.69, 9.17) is 19.2 Å². The molecule has 0 saturated carbocycles. The number of hydrogen-bond donors (Lipinski definition) is 4. The third-order valence-corrected chi connectivity index (χ3v) is 0. The number of rotatable bonds is 0. The summed E-state index contributed by atoms with van der Waals surface area (Å²) in [5, 5.41) is 0. The third-order valence-electron chi connectivity index (χ3n) is 0. The van der Waals surface area contributed by atoms with Crippen molar-refractivity contribution in [2.75, 3.05) is 0 Å². The van der Waals surface area contributed by atoms with E-state index in [1.165, 1.54) is 0 Å². The predicted molar refractivity (Wildman–Crippen MR) is 19.4 cm³/mol. The largest absolute Gasteiger partial charge is 1.00 e. The van der Waals surface area contributed by atoms with Crippen LogP contribution in [0.3, 0.4) is 0 Å². The quantitative estimate of drug-likeness (QED) is 0.249. The van der Waals surface area contributed by atoms with Crippen molar-refractivity contribution in [1.29, 1.82) is 0 Å². The molecule has 0 aliphatic rings. The molecule has 0 amide bonds. The summed E-state index contributed by atoms with van der Waals surface area (Å²) in [6.07, 6.45) is 0. The van der Waals surface area contributed by atoms with Crippen molar-refractivity contribution in [2.24, 2.45) is 0 Å². The smallest absolute Gasteiger partial charge is 1.00 e. The van der Waals surface area contributed by atoms with E-state index in [0.717, 1.165) is 0 Å². The van der Waals surface area contributed by atoms with E-state index in [1.54, 1.807) is 0 Å². The molecule has 0 aromatic carbocycles. The Morgan fingerprint density at radius 2 is 1.00 bits per heavy atom. The van der Waals surface area contributed by atoms with Crippen molar-refractivity contribution >= 4 is 9.05 Å². The van der Waals surface area contributed by atoms with Gasteiger partial charge in [-0.05, 0) is 0 Å². The van der Waals surface area contributed by atoms with Crippen molar-refractivity contribution in [3.63, 3.8) is 0 Å². The molecule has 7 heavy (non-hydrogen) atoms. The second-order valence-electron chi connectivity index (χ2n) is 0.600. The zero-order chi connectivity index (χ0) is 4.50. The van der Waals surface area contributed by atoms with Crippen LogP contribution in [0.4, 0.5) is 0 Å². The normalized spacial score (nSPS) is 8.57. The summed E-state index contributed by atoms with van der Waals surface area (Å²) in [6, 6.07) is 0. The van der Waals surface area contributed by atoms with Gasteiger partial charge in [0.15, 0.2) is 0 Å². The molecule has 5 nitrogen and oxygen atoms in total. The fraction of sp³-hybridized carbons (Fsp3) is 0. The molecule has 0 aliphatic heterocycles. The van der Waals surface area contributed by atoms with Crippen molar-refractivity contribution in [1.82, 2.24) is 0 Å². The maximum absolute atomic E-state index is 7.33. The summed E-state index contributed by atoms with van der Waals surface area (Å²) in [7, 11) is -4.61. The van der Waals surface area contributed by atoms with Gasteiger partial charge in [0.25, 0.3) is 0 Å². The summed E-state index contributed by atoms with van der Waals surface area (Å²) in [4.78, 5) is 29.3. The summed E-state index contributed by atoms with van der Waals surface area (Å²) in [5.74, 6) is 0. The molecule has 0 bridgehead atoms. The summed E-state index contributed by atoms with van der Waals surface area (Å²) in [6.45, 7) is 0. The van der Waals surface area contributed by atoms with E-state index in [0.29, 0.717) is 0 Å². The van der Waals surface area contributed by atoms with Gasteiger partial charge in [-0.1, -0.05) is 0 Å². The van der Waals surface area contributed by atoms with E-state index in [-0.39, 0.29) is 36.5 Å². The SMILES string of the molecule is O.O[Si](O)(O)O.[H-].[Na+]. The molecule has 0 saturated heterocycles. The molecule has 0 fully saturated rings. The first-order valence-electron chi connectivity index (χ1n) is 0.894. The van der Waals surface area contributed by atoms with Gasteiger partial charge in [-0.3, -0.25) is 0 Å². The standard InChI is InChI=1S/Na.H4O4Si.H2O.H/c;1-5(2,3)4;;/h;1-4H;1H2;/q+1;;;-1. The van der Waals surface area contributed by atoms with Crippen LogP contribution in [0.1, 0.15) is 1.43 Å². The Kier molecular flexibility index (Phi) is 11.6. The Labute approximate surface area is 64.8 Å². The molecular formula is H7NaO5Si. The molecule has 0 rings (SSSR count). The van der Waals surface area contributed by atoms with Crippen molar-refractivity contribution in [2.45, 2.75) is 0 Å². The molecule has 0 aliphatic carbocycles. The summed E-state index contributed by atoms with van der Waals surface area (Å²) < 4.78 is 0. The predicted octanol–water partition coefficient (Wildman–Crippen LogP) is -6.32. The fourth-order valence-corrected chi connectivity index (χ4v) is 0. The minimum atomic E-state index is -4.61. The van der Waals surface area contributed by atoms with Crippen molar-refractivity contribution in [3.05, 3.63) is 0 Å². The van der Waals surface area contributed by atoms with Gasteiger partial charge in [-0.15, -0.1) is 0 Å². The Morgan fingerprint density at radius 1 is 1.00 bits per heavy atom.